The first-order chi connectivity index (χ1) is 9.47. The lowest BCUT2D eigenvalue weighted by atomic mass is 10.2. The number of rotatable bonds is 2. The van der Waals surface area contributed by atoms with Crippen molar-refractivity contribution in [3.05, 3.63) is 23.8 Å². The van der Waals surface area contributed by atoms with Crippen LogP contribution in [0.25, 0.3) is 0 Å². The number of hydrogen-bond acceptors (Lipinski definition) is 4. The van der Waals surface area contributed by atoms with E-state index in [1.807, 2.05) is 6.92 Å². The zero-order valence-corrected chi connectivity index (χ0v) is 11.0. The molecule has 1 aliphatic heterocycles. The van der Waals surface area contributed by atoms with Crippen molar-refractivity contribution in [1.29, 1.82) is 0 Å². The summed E-state index contributed by atoms with van der Waals surface area (Å²) in [6, 6.07) is 3.59. The van der Waals surface area contributed by atoms with Gasteiger partial charge in [-0.1, -0.05) is 0 Å². The zero-order valence-electron chi connectivity index (χ0n) is 11.0. The van der Waals surface area contributed by atoms with Crippen molar-refractivity contribution in [3.8, 4) is 5.75 Å². The number of phenols is 1. The van der Waals surface area contributed by atoms with Gasteiger partial charge in [-0.15, -0.1) is 0 Å². The third-order valence-corrected chi connectivity index (χ3v) is 3.01. The monoisotopic (exact) mass is 280 g/mol. The van der Waals surface area contributed by atoms with Crippen LogP contribution in [0.5, 0.6) is 5.75 Å². The number of amides is 2. The van der Waals surface area contributed by atoms with E-state index >= 15 is 0 Å². The zero-order chi connectivity index (χ0) is 14.7. The summed E-state index contributed by atoms with van der Waals surface area (Å²) in [5, 5.41) is 20.9. The Hall–Kier alpha value is -2.28. The first-order valence-corrected chi connectivity index (χ1v) is 6.21. The molecule has 20 heavy (non-hydrogen) atoms. The average Bonchev–Trinajstić information content (AvgIpc) is 2.40. The Morgan fingerprint density at radius 2 is 2.20 bits per heavy atom. The molecular formula is C13H16N2O5. The number of carbonyl (C=O) groups excluding carboxylic acids is 1. The Morgan fingerprint density at radius 3 is 2.85 bits per heavy atom. The molecule has 7 heteroatoms. The van der Waals surface area contributed by atoms with Gasteiger partial charge in [0.05, 0.1) is 12.7 Å². The summed E-state index contributed by atoms with van der Waals surface area (Å²) in [5.41, 5.74) is 0.0718. The van der Waals surface area contributed by atoms with Crippen LogP contribution in [0.15, 0.2) is 18.2 Å². The third kappa shape index (κ3) is 3.18. The number of nitrogens with one attached hydrogen (secondary N) is 1. The van der Waals surface area contributed by atoms with Crippen LogP contribution in [0.1, 0.15) is 17.3 Å². The fraction of sp³-hybridized carbons (Fsp3) is 0.385. The number of morpholine rings is 1. The molecule has 2 amide bonds. The second-order valence-corrected chi connectivity index (χ2v) is 4.59. The molecule has 0 saturated carbocycles. The Balaban J connectivity index is 2.07. The van der Waals surface area contributed by atoms with Crippen molar-refractivity contribution in [2.45, 2.75) is 13.0 Å². The van der Waals surface area contributed by atoms with Crippen molar-refractivity contribution in [3.63, 3.8) is 0 Å². The van der Waals surface area contributed by atoms with Gasteiger partial charge < -0.3 is 25.2 Å². The van der Waals surface area contributed by atoms with Crippen LogP contribution in [0.4, 0.5) is 10.5 Å². The first kappa shape index (κ1) is 14.1. The summed E-state index contributed by atoms with van der Waals surface area (Å²) in [4.78, 5) is 24.5. The molecule has 1 saturated heterocycles. The van der Waals surface area contributed by atoms with Crippen molar-refractivity contribution in [1.82, 2.24) is 4.90 Å². The number of ether oxygens (including phenoxy) is 1. The minimum atomic E-state index is -1.25. The predicted molar refractivity (Wildman–Crippen MR) is 71.1 cm³/mol. The van der Waals surface area contributed by atoms with Gasteiger partial charge in [0.1, 0.15) is 11.3 Å². The number of hydrogen-bond donors (Lipinski definition) is 3. The molecule has 0 spiro atoms. The molecule has 1 unspecified atom stereocenters. The molecule has 0 aliphatic carbocycles. The van der Waals surface area contributed by atoms with E-state index in [9.17, 15) is 14.7 Å². The molecule has 1 aromatic rings. The highest BCUT2D eigenvalue weighted by Crippen LogP contribution is 2.21. The lowest BCUT2D eigenvalue weighted by Gasteiger charge is -2.31. The quantitative estimate of drug-likeness (QED) is 0.710. The third-order valence-electron chi connectivity index (χ3n) is 3.01. The maximum atomic E-state index is 12.0. The van der Waals surface area contributed by atoms with Crippen molar-refractivity contribution >= 4 is 17.7 Å². The molecule has 2 rings (SSSR count). The Morgan fingerprint density at radius 1 is 1.45 bits per heavy atom. The molecule has 3 N–H and O–H groups in total. The smallest absolute Gasteiger partial charge is 0.339 e. The maximum absolute atomic E-state index is 12.0. The first-order valence-electron chi connectivity index (χ1n) is 6.21. The van der Waals surface area contributed by atoms with Crippen LogP contribution in [0.2, 0.25) is 0 Å². The molecule has 1 atom stereocenters. The summed E-state index contributed by atoms with van der Waals surface area (Å²) in [5.74, 6) is -1.59. The Bertz CT molecular complexity index is 531. The van der Waals surface area contributed by atoms with E-state index in [0.29, 0.717) is 25.4 Å². The van der Waals surface area contributed by atoms with Crippen molar-refractivity contribution < 1.29 is 24.5 Å². The molecule has 7 nitrogen and oxygen atoms in total. The molecular weight excluding hydrogens is 264 g/mol. The van der Waals surface area contributed by atoms with Crippen LogP contribution in [0, 0.1) is 0 Å². The second kappa shape index (κ2) is 5.79. The van der Waals surface area contributed by atoms with E-state index < -0.39 is 5.97 Å². The van der Waals surface area contributed by atoms with Crippen LogP contribution in [0.3, 0.4) is 0 Å². The SMILES string of the molecule is CC1CN(C(=O)Nc2ccc(O)c(C(=O)O)c2)CCO1. The Kier molecular flexibility index (Phi) is 4.09. The van der Waals surface area contributed by atoms with E-state index in [2.05, 4.69) is 5.32 Å². The highest BCUT2D eigenvalue weighted by atomic mass is 16.5. The topological polar surface area (TPSA) is 99.1 Å². The predicted octanol–water partition coefficient (Wildman–Crippen LogP) is 1.34. The number of aromatic carboxylic acids is 1. The average molecular weight is 280 g/mol. The van der Waals surface area contributed by atoms with Gasteiger partial charge in [0.2, 0.25) is 0 Å². The fourth-order valence-corrected chi connectivity index (χ4v) is 1.99. The number of urea groups is 1. The summed E-state index contributed by atoms with van der Waals surface area (Å²) < 4.78 is 5.34. The molecule has 1 heterocycles. The molecule has 1 aliphatic rings. The van der Waals surface area contributed by atoms with Crippen LogP contribution in [-0.2, 0) is 4.74 Å². The van der Waals surface area contributed by atoms with E-state index in [4.69, 9.17) is 9.84 Å². The van der Waals surface area contributed by atoms with E-state index in [-0.39, 0.29) is 23.4 Å². The van der Waals surface area contributed by atoms with Crippen molar-refractivity contribution in [2.75, 3.05) is 25.0 Å². The van der Waals surface area contributed by atoms with Gasteiger partial charge >= 0.3 is 12.0 Å². The van der Waals surface area contributed by atoms with Crippen LogP contribution in [-0.4, -0.2) is 52.9 Å². The van der Waals surface area contributed by atoms with Gasteiger partial charge in [-0.25, -0.2) is 9.59 Å². The number of carboxylic acid groups (broad SMARTS) is 1. The lowest BCUT2D eigenvalue weighted by molar-refractivity contribution is -0.00138. The van der Waals surface area contributed by atoms with Gasteiger partial charge in [0, 0.05) is 18.8 Å². The summed E-state index contributed by atoms with van der Waals surface area (Å²) in [7, 11) is 0. The van der Waals surface area contributed by atoms with E-state index in [0.717, 1.165) is 0 Å². The van der Waals surface area contributed by atoms with Gasteiger partial charge in [-0.05, 0) is 25.1 Å². The van der Waals surface area contributed by atoms with Crippen LogP contribution >= 0.6 is 0 Å². The Labute approximate surface area is 115 Å². The number of aromatic hydroxyl groups is 1. The highest BCUT2D eigenvalue weighted by molar-refractivity contribution is 5.95. The fourth-order valence-electron chi connectivity index (χ4n) is 1.99. The number of nitrogens with zero attached hydrogens (tertiary/aromatic N) is 1. The highest BCUT2D eigenvalue weighted by Gasteiger charge is 2.21. The van der Waals surface area contributed by atoms with Gasteiger partial charge in [-0.2, -0.15) is 0 Å². The van der Waals surface area contributed by atoms with E-state index in [1.165, 1.54) is 18.2 Å². The molecule has 1 aromatic carbocycles. The van der Waals surface area contributed by atoms with E-state index in [1.54, 1.807) is 4.90 Å². The summed E-state index contributed by atoms with van der Waals surface area (Å²) >= 11 is 0. The largest absolute Gasteiger partial charge is 0.507 e. The van der Waals surface area contributed by atoms with Gasteiger partial charge in [-0.3, -0.25) is 0 Å². The molecule has 0 bridgehead atoms. The minimum absolute atomic E-state index is 0.0242. The van der Waals surface area contributed by atoms with Gasteiger partial charge in [0.25, 0.3) is 0 Å². The molecule has 0 radical (unpaired) electrons. The van der Waals surface area contributed by atoms with Gasteiger partial charge in [0.15, 0.2) is 0 Å². The summed E-state index contributed by atoms with van der Waals surface area (Å²) in [6.07, 6.45) is -0.0242. The standard InChI is InChI=1S/C13H16N2O5/c1-8-7-15(4-5-20-8)13(19)14-9-2-3-11(16)10(6-9)12(17)18/h2-3,6,8,16H,4-5,7H2,1H3,(H,14,19)(H,17,18). The molecule has 1 fully saturated rings. The second-order valence-electron chi connectivity index (χ2n) is 4.59. The van der Waals surface area contributed by atoms with Crippen molar-refractivity contribution in [2.24, 2.45) is 0 Å². The number of anilines is 1. The molecule has 0 aromatic heterocycles. The number of benzene rings is 1. The van der Waals surface area contributed by atoms with Crippen LogP contribution < -0.4 is 5.32 Å². The minimum Gasteiger partial charge on any atom is -0.507 e. The lowest BCUT2D eigenvalue weighted by Crippen LogP contribution is -2.46. The number of carboxylic acids is 1. The maximum Gasteiger partial charge on any atom is 0.339 e. The number of carbonyl (C=O) groups is 2. The normalized spacial score (nSPS) is 18.6. The summed E-state index contributed by atoms with van der Waals surface area (Å²) in [6.45, 7) is 3.32. The molecule has 108 valence electrons.